The number of Topliss-reactive ketones (excluding diaryl/α,β-unsaturated/α-hetero) is 1. The fraction of sp³-hybridized carbons (Fsp3) is 0.278. The van der Waals surface area contributed by atoms with Crippen LogP contribution in [0.2, 0.25) is 0 Å². The molecule has 0 aliphatic carbocycles. The average molecular weight is 384 g/mol. The van der Waals surface area contributed by atoms with Gasteiger partial charge in [0, 0.05) is 12.7 Å². The molecule has 2 unspecified atom stereocenters. The summed E-state index contributed by atoms with van der Waals surface area (Å²) in [6.45, 7) is 2.04. The maximum Gasteiger partial charge on any atom is 0.182 e. The van der Waals surface area contributed by atoms with E-state index in [1.54, 1.807) is 14.2 Å². The first-order valence-corrected chi connectivity index (χ1v) is 8.93. The van der Waals surface area contributed by atoms with Crippen molar-refractivity contribution in [3.63, 3.8) is 0 Å². The topological polar surface area (TPSA) is 128 Å². The highest BCUT2D eigenvalue weighted by Crippen LogP contribution is 2.23. The lowest BCUT2D eigenvalue weighted by Crippen LogP contribution is -2.58. The molecule has 0 radical (unpaired) electrons. The minimum absolute atomic E-state index is 0.0329. The Morgan fingerprint density at radius 1 is 1.08 bits per heavy atom. The first kappa shape index (κ1) is 22.2. The Bertz CT molecular complexity index is 666. The lowest BCUT2D eigenvalue weighted by Gasteiger charge is -2.25. The number of likely N-dealkylation sites (N-methyl/N-ethyl adjacent to an activating group) is 1. The number of hydrogen-bond donors (Lipinski definition) is 2. The summed E-state index contributed by atoms with van der Waals surface area (Å²) in [4.78, 5) is 12.7. The molecule has 0 spiro atoms. The molecule has 26 heavy (non-hydrogen) atoms. The van der Waals surface area contributed by atoms with Gasteiger partial charge in [0.1, 0.15) is 12.1 Å². The molecule has 0 bridgehead atoms. The van der Waals surface area contributed by atoms with Gasteiger partial charge in [-0.2, -0.15) is 14.0 Å². The summed E-state index contributed by atoms with van der Waals surface area (Å²) < 4.78 is 38.3. The number of methoxy groups -OCH3 is 1. The Morgan fingerprint density at radius 3 is 2.00 bits per heavy atom. The Hall–Kier alpha value is -1.84. The molecule has 0 aliphatic heterocycles. The predicted octanol–water partition coefficient (Wildman–Crippen LogP) is -0.971. The summed E-state index contributed by atoms with van der Waals surface area (Å²) >= 11 is 0. The molecule has 0 amide bonds. The monoisotopic (exact) mass is 383 g/mol. The molecule has 0 saturated heterocycles. The van der Waals surface area contributed by atoms with E-state index in [2.05, 4.69) is 5.32 Å². The lowest BCUT2D eigenvalue weighted by atomic mass is 9.94. The van der Waals surface area contributed by atoms with Crippen molar-refractivity contribution >= 4 is 5.78 Å². The second-order valence-electron chi connectivity index (χ2n) is 5.46. The molecule has 2 atom stereocenters. The molecule has 142 valence electrons. The summed E-state index contributed by atoms with van der Waals surface area (Å²) in [7, 11) is -1.28. The van der Waals surface area contributed by atoms with Gasteiger partial charge in [0.25, 0.3) is 0 Å². The maximum atomic E-state index is 12.7. The van der Waals surface area contributed by atoms with Crippen molar-refractivity contribution in [1.82, 2.24) is 5.32 Å². The molecular formula is C18H22ClNO6. The highest BCUT2D eigenvalue weighted by Gasteiger charge is 2.28. The molecule has 8 heteroatoms. The van der Waals surface area contributed by atoms with Crippen molar-refractivity contribution in [3.05, 3.63) is 71.3 Å². The number of carbonyl (C=O) groups excluding carboxylic acids is 1. The third-order valence-electron chi connectivity index (χ3n) is 3.61. The van der Waals surface area contributed by atoms with Gasteiger partial charge in [-0.1, -0.05) is 60.2 Å². The number of aryl methyl sites for hydroxylation is 1. The number of halogens is 1. The fourth-order valence-electron chi connectivity index (χ4n) is 2.42. The number of benzene rings is 2. The average Bonchev–Trinajstić information content (AvgIpc) is 2.59. The van der Waals surface area contributed by atoms with E-state index in [4.69, 9.17) is 23.4 Å². The minimum Gasteiger partial charge on any atom is -0.375 e. The molecular weight excluding hydrogens is 362 g/mol. The minimum atomic E-state index is -4.69. The Kier molecular flexibility index (Phi) is 8.83. The van der Waals surface area contributed by atoms with E-state index in [1.807, 2.05) is 61.5 Å². The maximum absolute atomic E-state index is 12.7. The molecule has 2 rings (SSSR count). The van der Waals surface area contributed by atoms with Crippen LogP contribution in [0.5, 0.6) is 0 Å². The van der Waals surface area contributed by atoms with Crippen LogP contribution >= 0.6 is 0 Å². The number of ether oxygens (including phenoxy) is 1. The Labute approximate surface area is 154 Å². The van der Waals surface area contributed by atoms with Gasteiger partial charge in [-0.25, -0.2) is 0 Å². The smallest absolute Gasteiger partial charge is 0.182 e. The Balaban J connectivity index is 0.000000597. The first-order chi connectivity index (χ1) is 12.2. The lowest BCUT2D eigenvalue weighted by molar-refractivity contribution is -1.92. The third kappa shape index (κ3) is 7.59. The van der Waals surface area contributed by atoms with Crippen LogP contribution < -0.4 is 19.3 Å². The standard InChI is InChI=1S/C18H21NO2.ClHO4/c1-13-9-11-15(12-10-13)18(21-3)16(19-2)17(20)14-7-5-4-6-8-14;2-1(3,4)5/h4-12,16,18-19H,1-3H3;(H,2,3,4,5). The largest absolute Gasteiger partial charge is 0.375 e. The van der Waals surface area contributed by atoms with E-state index >= 15 is 0 Å². The number of carbonyl (C=O) groups is 1. The molecule has 2 aromatic rings. The highest BCUT2D eigenvalue weighted by molar-refractivity contribution is 6.00. The van der Waals surface area contributed by atoms with Crippen LogP contribution in [0.3, 0.4) is 0 Å². The second-order valence-corrected chi connectivity index (χ2v) is 6.25. The summed E-state index contributed by atoms with van der Waals surface area (Å²) in [6, 6.07) is 16.9. The van der Waals surface area contributed by atoms with Gasteiger partial charge < -0.3 is 10.1 Å². The van der Waals surface area contributed by atoms with E-state index in [0.717, 1.165) is 5.56 Å². The summed E-state index contributed by atoms with van der Waals surface area (Å²) in [5, 5.41) is 3.09. The van der Waals surface area contributed by atoms with E-state index < -0.39 is 16.3 Å². The third-order valence-corrected chi connectivity index (χ3v) is 3.61. The van der Waals surface area contributed by atoms with Crippen LogP contribution in [0.1, 0.15) is 27.6 Å². The summed E-state index contributed by atoms with van der Waals surface area (Å²) in [5.74, 6) is 0.0329. The van der Waals surface area contributed by atoms with Crippen LogP contribution in [0.15, 0.2) is 54.6 Å². The zero-order valence-electron chi connectivity index (χ0n) is 14.7. The van der Waals surface area contributed by atoms with Crippen LogP contribution in [0.25, 0.3) is 0 Å². The van der Waals surface area contributed by atoms with Gasteiger partial charge in [-0.3, -0.25) is 4.79 Å². The molecule has 0 heterocycles. The van der Waals surface area contributed by atoms with Crippen molar-refractivity contribution in [2.45, 2.75) is 19.1 Å². The molecule has 7 nitrogen and oxygen atoms in total. The highest BCUT2D eigenvalue weighted by atomic mass is 35.7. The van der Waals surface area contributed by atoms with E-state index in [9.17, 15) is 4.79 Å². The molecule has 0 aromatic heterocycles. The fourth-order valence-corrected chi connectivity index (χ4v) is 2.42. The van der Waals surface area contributed by atoms with Crippen LogP contribution in [-0.2, 0) is 4.74 Å². The second kappa shape index (κ2) is 10.3. The molecule has 0 aliphatic rings. The van der Waals surface area contributed by atoms with Gasteiger partial charge in [0.15, 0.2) is 5.78 Å². The van der Waals surface area contributed by atoms with Crippen LogP contribution in [-0.4, -0.2) is 30.6 Å². The van der Waals surface area contributed by atoms with Gasteiger partial charge in [-0.05, 0) is 19.5 Å². The van der Waals surface area contributed by atoms with E-state index in [-0.39, 0.29) is 11.9 Å². The quantitative estimate of drug-likeness (QED) is 0.614. The number of nitrogens with one attached hydrogen (secondary N) is 1. The van der Waals surface area contributed by atoms with Gasteiger partial charge in [0.05, 0.1) is 14.9 Å². The number of hydrogen-bond acceptors (Lipinski definition) is 7. The van der Waals surface area contributed by atoms with Crippen molar-refractivity contribution < 1.29 is 38.4 Å². The number of ketones is 1. The van der Waals surface area contributed by atoms with Crippen molar-refractivity contribution in [2.75, 3.05) is 14.2 Å². The van der Waals surface area contributed by atoms with Crippen molar-refractivity contribution in [1.29, 1.82) is 0 Å². The number of rotatable bonds is 6. The van der Waals surface area contributed by atoms with Gasteiger partial charge in [-0.15, -0.1) is 0 Å². The van der Waals surface area contributed by atoms with Gasteiger partial charge >= 0.3 is 0 Å². The molecule has 2 N–H and O–H groups in total. The van der Waals surface area contributed by atoms with Crippen LogP contribution in [0.4, 0.5) is 0 Å². The summed E-state index contributed by atoms with van der Waals surface area (Å²) in [6.07, 6.45) is -0.316. The van der Waals surface area contributed by atoms with Gasteiger partial charge in [0.2, 0.25) is 0 Å². The van der Waals surface area contributed by atoms with Crippen molar-refractivity contribution in [2.24, 2.45) is 0 Å². The van der Waals surface area contributed by atoms with Crippen LogP contribution in [0, 0.1) is 17.2 Å². The zero-order valence-corrected chi connectivity index (χ0v) is 15.5. The zero-order chi connectivity index (χ0) is 19.7. The summed E-state index contributed by atoms with van der Waals surface area (Å²) in [5.41, 5.74) is 2.86. The van der Waals surface area contributed by atoms with Crippen molar-refractivity contribution in [3.8, 4) is 0 Å². The molecule has 0 saturated carbocycles. The predicted molar refractivity (Wildman–Crippen MR) is 86.8 cm³/mol. The van der Waals surface area contributed by atoms with E-state index in [1.165, 1.54) is 5.56 Å². The Morgan fingerprint density at radius 2 is 1.58 bits per heavy atom. The normalized spacial score (nSPS) is 13.3. The first-order valence-electron chi connectivity index (χ1n) is 7.66. The van der Waals surface area contributed by atoms with E-state index in [0.29, 0.717) is 5.56 Å². The SMILES string of the molecule is CNC(C(=O)c1ccccc1)C(OC)c1ccc(C)cc1.[O-][Cl+3]([O-])([O-])O. The molecule has 2 aromatic carbocycles. The molecule has 0 fully saturated rings.